The van der Waals surface area contributed by atoms with Gasteiger partial charge in [-0.05, 0) is 37.1 Å². The second-order valence-electron chi connectivity index (χ2n) is 4.76. The standard InChI is InChI=1S/C13H18FN3/c14-11-1-3-12(4-2-11)17(13-5-6-13)16-9-7-15-8-10-16/h1-4,13,15H,5-10H2. The Morgan fingerprint density at radius 2 is 1.76 bits per heavy atom. The highest BCUT2D eigenvalue weighted by atomic mass is 19.1. The molecule has 17 heavy (non-hydrogen) atoms. The lowest BCUT2D eigenvalue weighted by molar-refractivity contribution is 0.216. The molecule has 0 unspecified atom stereocenters. The predicted molar refractivity (Wildman–Crippen MR) is 66.3 cm³/mol. The third kappa shape index (κ3) is 2.42. The number of hydrogen-bond donors (Lipinski definition) is 1. The van der Waals surface area contributed by atoms with Crippen molar-refractivity contribution in [3.63, 3.8) is 0 Å². The third-order valence-electron chi connectivity index (χ3n) is 3.38. The Morgan fingerprint density at radius 1 is 1.12 bits per heavy atom. The van der Waals surface area contributed by atoms with Crippen LogP contribution in [0.1, 0.15) is 12.8 Å². The van der Waals surface area contributed by atoms with Crippen molar-refractivity contribution >= 4 is 5.69 Å². The van der Waals surface area contributed by atoms with Gasteiger partial charge in [-0.15, -0.1) is 0 Å². The van der Waals surface area contributed by atoms with Crippen LogP contribution in [-0.2, 0) is 0 Å². The molecule has 1 aliphatic heterocycles. The predicted octanol–water partition coefficient (Wildman–Crippen LogP) is 1.61. The van der Waals surface area contributed by atoms with Gasteiger partial charge in [0.1, 0.15) is 5.82 Å². The van der Waals surface area contributed by atoms with E-state index in [4.69, 9.17) is 0 Å². The van der Waals surface area contributed by atoms with Crippen LogP contribution in [-0.4, -0.2) is 37.2 Å². The largest absolute Gasteiger partial charge is 0.314 e. The first-order valence-electron chi connectivity index (χ1n) is 6.35. The number of hydrogen-bond acceptors (Lipinski definition) is 3. The maximum absolute atomic E-state index is 13.0. The molecule has 3 nitrogen and oxygen atoms in total. The maximum atomic E-state index is 13.0. The van der Waals surface area contributed by atoms with Gasteiger partial charge in [-0.1, -0.05) is 0 Å². The van der Waals surface area contributed by atoms with E-state index in [0.717, 1.165) is 31.9 Å². The Labute approximate surface area is 101 Å². The first-order chi connectivity index (χ1) is 8.34. The Kier molecular flexibility index (Phi) is 2.99. The fourth-order valence-electron chi connectivity index (χ4n) is 2.39. The van der Waals surface area contributed by atoms with Crippen molar-refractivity contribution in [3.05, 3.63) is 30.1 Å². The molecule has 1 aliphatic carbocycles. The second kappa shape index (κ2) is 4.63. The van der Waals surface area contributed by atoms with Gasteiger partial charge in [-0.25, -0.2) is 9.40 Å². The number of benzene rings is 1. The minimum atomic E-state index is -0.162. The lowest BCUT2D eigenvalue weighted by Gasteiger charge is -2.39. The minimum absolute atomic E-state index is 0.162. The van der Waals surface area contributed by atoms with E-state index in [0.29, 0.717) is 6.04 Å². The zero-order valence-electron chi connectivity index (χ0n) is 9.90. The molecular formula is C13H18FN3. The van der Waals surface area contributed by atoms with Gasteiger partial charge in [-0.3, -0.25) is 0 Å². The summed E-state index contributed by atoms with van der Waals surface area (Å²) in [4.78, 5) is 0. The molecule has 0 amide bonds. The highest BCUT2D eigenvalue weighted by molar-refractivity contribution is 5.47. The summed E-state index contributed by atoms with van der Waals surface area (Å²) in [6, 6.07) is 7.49. The molecule has 4 heteroatoms. The molecule has 0 radical (unpaired) electrons. The van der Waals surface area contributed by atoms with Crippen molar-refractivity contribution < 1.29 is 4.39 Å². The van der Waals surface area contributed by atoms with Gasteiger partial charge in [0.2, 0.25) is 0 Å². The Morgan fingerprint density at radius 3 is 2.35 bits per heavy atom. The van der Waals surface area contributed by atoms with E-state index in [2.05, 4.69) is 15.3 Å². The molecule has 1 saturated carbocycles. The van der Waals surface area contributed by atoms with Crippen molar-refractivity contribution in [2.45, 2.75) is 18.9 Å². The number of halogens is 1. The summed E-state index contributed by atoms with van der Waals surface area (Å²) >= 11 is 0. The summed E-state index contributed by atoms with van der Waals surface area (Å²) in [5.41, 5.74) is 1.12. The van der Waals surface area contributed by atoms with Crippen LogP contribution in [0.15, 0.2) is 24.3 Å². The molecule has 1 heterocycles. The van der Waals surface area contributed by atoms with Gasteiger partial charge in [0.05, 0.1) is 5.69 Å². The van der Waals surface area contributed by atoms with Gasteiger partial charge in [0.15, 0.2) is 0 Å². The topological polar surface area (TPSA) is 18.5 Å². The quantitative estimate of drug-likeness (QED) is 0.858. The smallest absolute Gasteiger partial charge is 0.123 e. The Bertz CT molecular complexity index is 369. The molecule has 2 fully saturated rings. The molecule has 0 spiro atoms. The fraction of sp³-hybridized carbons (Fsp3) is 0.538. The second-order valence-corrected chi connectivity index (χ2v) is 4.76. The first kappa shape index (κ1) is 11.0. The van der Waals surface area contributed by atoms with Crippen molar-refractivity contribution in [3.8, 4) is 0 Å². The number of hydrazine groups is 1. The average Bonchev–Trinajstić information content (AvgIpc) is 3.18. The molecule has 0 aromatic heterocycles. The van der Waals surface area contributed by atoms with E-state index in [1.807, 2.05) is 12.1 Å². The van der Waals surface area contributed by atoms with Crippen LogP contribution < -0.4 is 10.3 Å². The third-order valence-corrected chi connectivity index (χ3v) is 3.38. The molecule has 1 saturated heterocycles. The highest BCUT2D eigenvalue weighted by Gasteiger charge is 2.33. The van der Waals surface area contributed by atoms with Crippen molar-refractivity contribution in [1.82, 2.24) is 10.3 Å². The SMILES string of the molecule is Fc1ccc(N(C2CC2)N2CCNCC2)cc1. The van der Waals surface area contributed by atoms with E-state index in [-0.39, 0.29) is 5.82 Å². The zero-order chi connectivity index (χ0) is 11.7. The van der Waals surface area contributed by atoms with E-state index < -0.39 is 0 Å². The number of nitrogens with zero attached hydrogens (tertiary/aromatic N) is 2. The summed E-state index contributed by atoms with van der Waals surface area (Å²) in [5.74, 6) is -0.162. The molecule has 1 aromatic rings. The van der Waals surface area contributed by atoms with Crippen LogP contribution in [0.5, 0.6) is 0 Å². The Balaban J connectivity index is 1.81. The van der Waals surface area contributed by atoms with E-state index >= 15 is 0 Å². The summed E-state index contributed by atoms with van der Waals surface area (Å²) in [6.07, 6.45) is 2.50. The van der Waals surface area contributed by atoms with E-state index in [9.17, 15) is 4.39 Å². The average molecular weight is 235 g/mol. The molecule has 0 atom stereocenters. The highest BCUT2D eigenvalue weighted by Crippen LogP contribution is 2.33. The van der Waals surface area contributed by atoms with Crippen LogP contribution in [0.4, 0.5) is 10.1 Å². The van der Waals surface area contributed by atoms with Gasteiger partial charge in [0, 0.05) is 32.2 Å². The maximum Gasteiger partial charge on any atom is 0.123 e. The van der Waals surface area contributed by atoms with Gasteiger partial charge in [0.25, 0.3) is 0 Å². The van der Waals surface area contributed by atoms with Crippen molar-refractivity contribution in [2.75, 3.05) is 31.2 Å². The molecule has 2 aliphatic rings. The van der Waals surface area contributed by atoms with Crippen LogP contribution in [0.25, 0.3) is 0 Å². The fourth-order valence-corrected chi connectivity index (χ4v) is 2.39. The van der Waals surface area contributed by atoms with Crippen LogP contribution >= 0.6 is 0 Å². The van der Waals surface area contributed by atoms with Gasteiger partial charge in [-0.2, -0.15) is 0 Å². The molecule has 3 rings (SSSR count). The van der Waals surface area contributed by atoms with E-state index in [1.54, 1.807) is 12.1 Å². The van der Waals surface area contributed by atoms with E-state index in [1.165, 1.54) is 12.8 Å². The first-order valence-corrected chi connectivity index (χ1v) is 6.35. The summed E-state index contributed by atoms with van der Waals surface area (Å²) in [5, 5.41) is 8.11. The lowest BCUT2D eigenvalue weighted by atomic mass is 10.3. The van der Waals surface area contributed by atoms with Crippen LogP contribution in [0, 0.1) is 5.82 Å². The summed E-state index contributed by atoms with van der Waals surface area (Å²) in [6.45, 7) is 4.14. The molecule has 0 bridgehead atoms. The van der Waals surface area contributed by atoms with Crippen molar-refractivity contribution in [1.29, 1.82) is 0 Å². The molecule has 92 valence electrons. The number of nitrogens with one attached hydrogen (secondary N) is 1. The normalized spacial score (nSPS) is 21.5. The summed E-state index contributed by atoms with van der Waals surface area (Å²) in [7, 11) is 0. The molecule has 1 N–H and O–H groups in total. The molecule has 1 aromatic carbocycles. The number of rotatable bonds is 3. The zero-order valence-corrected chi connectivity index (χ0v) is 9.90. The minimum Gasteiger partial charge on any atom is -0.314 e. The molecular weight excluding hydrogens is 217 g/mol. The monoisotopic (exact) mass is 235 g/mol. The van der Waals surface area contributed by atoms with Gasteiger partial charge < -0.3 is 10.3 Å². The van der Waals surface area contributed by atoms with Crippen LogP contribution in [0.2, 0.25) is 0 Å². The van der Waals surface area contributed by atoms with Crippen molar-refractivity contribution in [2.24, 2.45) is 0 Å². The Hall–Kier alpha value is -1.13. The lowest BCUT2D eigenvalue weighted by Crippen LogP contribution is -2.53. The van der Waals surface area contributed by atoms with Gasteiger partial charge >= 0.3 is 0 Å². The number of anilines is 1. The van der Waals surface area contributed by atoms with Crippen LogP contribution in [0.3, 0.4) is 0 Å². The number of piperazine rings is 1. The summed E-state index contributed by atoms with van der Waals surface area (Å²) < 4.78 is 13.0.